The highest BCUT2D eigenvalue weighted by molar-refractivity contribution is 5.75. The van der Waals surface area contributed by atoms with Crippen molar-refractivity contribution in [3.05, 3.63) is 30.1 Å². The molecule has 0 bridgehead atoms. The van der Waals surface area contributed by atoms with E-state index in [1.54, 1.807) is 0 Å². The lowest BCUT2D eigenvalue weighted by Gasteiger charge is -2.36. The molecular weight excluding hydrogens is 260 g/mol. The molecule has 1 aromatic heterocycles. The number of piperidine rings is 1. The van der Waals surface area contributed by atoms with Gasteiger partial charge in [-0.15, -0.1) is 0 Å². The van der Waals surface area contributed by atoms with E-state index < -0.39 is 0 Å². The van der Waals surface area contributed by atoms with E-state index in [1.165, 1.54) is 37.3 Å². The van der Waals surface area contributed by atoms with Gasteiger partial charge in [0.2, 0.25) is 0 Å². The number of benzene rings is 1. The number of aryl methyl sites for hydroxylation is 1. The summed E-state index contributed by atoms with van der Waals surface area (Å²) in [5.74, 6) is 1.95. The maximum absolute atomic E-state index is 4.86. The quantitative estimate of drug-likeness (QED) is 0.938. The van der Waals surface area contributed by atoms with Crippen LogP contribution in [0.5, 0.6) is 0 Å². The van der Waals surface area contributed by atoms with Gasteiger partial charge < -0.3 is 9.88 Å². The van der Waals surface area contributed by atoms with E-state index in [-0.39, 0.29) is 0 Å². The highest BCUT2D eigenvalue weighted by atomic mass is 15.2. The summed E-state index contributed by atoms with van der Waals surface area (Å²) >= 11 is 0. The Morgan fingerprint density at radius 2 is 2.19 bits per heavy atom. The Bertz CT molecular complexity index is 602. The summed E-state index contributed by atoms with van der Waals surface area (Å²) in [6.07, 6.45) is 2.63. The van der Waals surface area contributed by atoms with Crippen LogP contribution in [0, 0.1) is 5.92 Å². The highest BCUT2D eigenvalue weighted by Crippen LogP contribution is 2.27. The Balaban J connectivity index is 1.82. The summed E-state index contributed by atoms with van der Waals surface area (Å²) in [5, 5.41) is 3.32. The van der Waals surface area contributed by atoms with Gasteiger partial charge in [0.15, 0.2) is 0 Å². The van der Waals surface area contributed by atoms with Crippen molar-refractivity contribution in [2.24, 2.45) is 13.0 Å². The number of likely N-dealkylation sites (tertiary alicyclic amines) is 1. The zero-order valence-electron chi connectivity index (χ0n) is 13.3. The smallest absolute Gasteiger partial charge is 0.126 e. The monoisotopic (exact) mass is 286 g/mol. The minimum Gasteiger partial charge on any atom is -0.330 e. The van der Waals surface area contributed by atoms with E-state index in [1.807, 2.05) is 7.05 Å². The predicted octanol–water partition coefficient (Wildman–Crippen LogP) is 2.57. The third-order valence-electron chi connectivity index (χ3n) is 4.79. The van der Waals surface area contributed by atoms with E-state index >= 15 is 0 Å². The molecule has 0 saturated carbocycles. The van der Waals surface area contributed by atoms with Crippen LogP contribution in [0.3, 0.4) is 0 Å². The second-order valence-electron chi connectivity index (χ2n) is 6.25. The Morgan fingerprint density at radius 1 is 1.38 bits per heavy atom. The lowest BCUT2D eigenvalue weighted by molar-refractivity contribution is 0.125. The van der Waals surface area contributed by atoms with Crippen LogP contribution in [0.15, 0.2) is 24.3 Å². The molecule has 1 N–H and O–H groups in total. The Hall–Kier alpha value is -1.39. The van der Waals surface area contributed by atoms with Crippen molar-refractivity contribution >= 4 is 11.0 Å². The van der Waals surface area contributed by atoms with Gasteiger partial charge in [-0.3, -0.25) is 4.90 Å². The van der Waals surface area contributed by atoms with Crippen molar-refractivity contribution < 1.29 is 0 Å². The zero-order chi connectivity index (χ0) is 14.8. The van der Waals surface area contributed by atoms with Gasteiger partial charge in [-0.2, -0.15) is 0 Å². The molecule has 1 aliphatic rings. The number of imidazole rings is 1. The van der Waals surface area contributed by atoms with Gasteiger partial charge in [-0.25, -0.2) is 4.98 Å². The third kappa shape index (κ3) is 2.83. The first-order valence-electron chi connectivity index (χ1n) is 8.00. The number of para-hydroxylation sites is 2. The van der Waals surface area contributed by atoms with Crippen LogP contribution in [0.1, 0.15) is 31.6 Å². The summed E-state index contributed by atoms with van der Waals surface area (Å²) in [7, 11) is 4.18. The average Bonchev–Trinajstić information content (AvgIpc) is 2.85. The molecule has 2 unspecified atom stereocenters. The first-order chi connectivity index (χ1) is 10.2. The molecule has 1 fully saturated rings. The van der Waals surface area contributed by atoms with Crippen LogP contribution < -0.4 is 5.32 Å². The minimum absolute atomic E-state index is 0.377. The predicted molar refractivity (Wildman–Crippen MR) is 87.4 cm³/mol. The molecule has 4 heteroatoms. The summed E-state index contributed by atoms with van der Waals surface area (Å²) < 4.78 is 2.25. The molecule has 0 amide bonds. The van der Waals surface area contributed by atoms with Crippen molar-refractivity contribution in [3.8, 4) is 0 Å². The molecule has 0 aliphatic carbocycles. The lowest BCUT2D eigenvalue weighted by atomic mass is 9.97. The van der Waals surface area contributed by atoms with Gasteiger partial charge in [0.25, 0.3) is 0 Å². The molecule has 1 saturated heterocycles. The number of hydrogen-bond acceptors (Lipinski definition) is 3. The van der Waals surface area contributed by atoms with Crippen LogP contribution >= 0.6 is 0 Å². The fourth-order valence-corrected chi connectivity index (χ4v) is 3.61. The van der Waals surface area contributed by atoms with E-state index in [4.69, 9.17) is 4.98 Å². The van der Waals surface area contributed by atoms with Crippen LogP contribution in [0.2, 0.25) is 0 Å². The molecule has 1 aliphatic heterocycles. The third-order valence-corrected chi connectivity index (χ3v) is 4.79. The Morgan fingerprint density at radius 3 is 2.95 bits per heavy atom. The molecule has 2 heterocycles. The Kier molecular flexibility index (Phi) is 4.27. The summed E-state index contributed by atoms with van der Waals surface area (Å²) in [5.41, 5.74) is 2.33. The van der Waals surface area contributed by atoms with E-state index in [0.717, 1.165) is 18.0 Å². The molecule has 2 aromatic rings. The maximum atomic E-state index is 4.86. The molecule has 114 valence electrons. The second kappa shape index (κ2) is 6.16. The van der Waals surface area contributed by atoms with Gasteiger partial charge in [0, 0.05) is 13.6 Å². The van der Waals surface area contributed by atoms with E-state index in [9.17, 15) is 0 Å². The fraction of sp³-hybridized carbons (Fsp3) is 0.588. The fourth-order valence-electron chi connectivity index (χ4n) is 3.61. The summed E-state index contributed by atoms with van der Waals surface area (Å²) in [6, 6.07) is 8.78. The van der Waals surface area contributed by atoms with E-state index in [2.05, 4.69) is 53.0 Å². The second-order valence-corrected chi connectivity index (χ2v) is 6.25. The van der Waals surface area contributed by atoms with Crippen LogP contribution in [-0.2, 0) is 7.05 Å². The summed E-state index contributed by atoms with van der Waals surface area (Å²) in [6.45, 7) is 5.77. The van der Waals surface area contributed by atoms with Crippen LogP contribution in [-0.4, -0.2) is 41.1 Å². The molecule has 0 radical (unpaired) electrons. The van der Waals surface area contributed by atoms with E-state index in [0.29, 0.717) is 6.04 Å². The van der Waals surface area contributed by atoms with Gasteiger partial charge in [0.05, 0.1) is 17.1 Å². The normalized spacial score (nSPS) is 21.8. The number of aromatic nitrogens is 2. The topological polar surface area (TPSA) is 33.1 Å². The minimum atomic E-state index is 0.377. The van der Waals surface area contributed by atoms with Crippen molar-refractivity contribution in [3.63, 3.8) is 0 Å². The maximum Gasteiger partial charge on any atom is 0.126 e. The molecule has 0 spiro atoms. The van der Waals surface area contributed by atoms with Crippen LogP contribution in [0.4, 0.5) is 0 Å². The lowest BCUT2D eigenvalue weighted by Crippen LogP contribution is -2.40. The van der Waals surface area contributed by atoms with Crippen molar-refractivity contribution in [2.45, 2.75) is 25.8 Å². The number of hydrogen-bond donors (Lipinski definition) is 1. The van der Waals surface area contributed by atoms with Gasteiger partial charge in [-0.1, -0.05) is 12.1 Å². The SMILES string of the molecule is CNCC1CCCN(C(C)c2nc3ccccc3n2C)C1. The van der Waals surface area contributed by atoms with Crippen molar-refractivity contribution in [1.82, 2.24) is 19.8 Å². The molecular formula is C17H26N4. The number of fused-ring (bicyclic) bond motifs is 1. The molecule has 1 aromatic carbocycles. The van der Waals surface area contributed by atoms with Gasteiger partial charge >= 0.3 is 0 Å². The zero-order valence-corrected chi connectivity index (χ0v) is 13.3. The standard InChI is InChI=1S/C17H26N4/c1-13(21-10-6-7-14(12-21)11-18-2)17-19-15-8-4-5-9-16(15)20(17)3/h4-5,8-9,13-14,18H,6-7,10-12H2,1-3H3. The number of nitrogens with zero attached hydrogens (tertiary/aromatic N) is 3. The highest BCUT2D eigenvalue weighted by Gasteiger charge is 2.26. The van der Waals surface area contributed by atoms with Crippen molar-refractivity contribution in [1.29, 1.82) is 0 Å². The largest absolute Gasteiger partial charge is 0.330 e. The van der Waals surface area contributed by atoms with Gasteiger partial charge in [0.1, 0.15) is 5.82 Å². The molecule has 4 nitrogen and oxygen atoms in total. The average molecular weight is 286 g/mol. The van der Waals surface area contributed by atoms with Gasteiger partial charge in [-0.05, 0) is 58.0 Å². The number of nitrogens with one attached hydrogen (secondary N) is 1. The molecule has 2 atom stereocenters. The molecule has 3 rings (SSSR count). The first kappa shape index (κ1) is 14.5. The van der Waals surface area contributed by atoms with Crippen molar-refractivity contribution in [2.75, 3.05) is 26.7 Å². The summed E-state index contributed by atoms with van der Waals surface area (Å²) in [4.78, 5) is 7.45. The number of rotatable bonds is 4. The Labute approximate surface area is 127 Å². The van der Waals surface area contributed by atoms with Crippen LogP contribution in [0.25, 0.3) is 11.0 Å². The first-order valence-corrected chi connectivity index (χ1v) is 8.00. The molecule has 21 heavy (non-hydrogen) atoms.